The highest BCUT2D eigenvalue weighted by Crippen LogP contribution is 2.26. The molecule has 1 aromatic rings. The first-order valence-electron chi connectivity index (χ1n) is 5.29. The minimum atomic E-state index is -2.80. The minimum Gasteiger partial charge on any atom is -0.388 e. The highest BCUT2D eigenvalue weighted by atomic mass is 32.2. The van der Waals surface area contributed by atoms with Crippen LogP contribution in [0, 0.1) is 5.92 Å². The zero-order valence-electron chi connectivity index (χ0n) is 9.09. The molecule has 2 unspecified atom stereocenters. The summed E-state index contributed by atoms with van der Waals surface area (Å²) in [5.74, 6) is 0.807. The van der Waals surface area contributed by atoms with Crippen molar-refractivity contribution in [3.05, 3.63) is 16.1 Å². The van der Waals surface area contributed by atoms with Crippen molar-refractivity contribution in [1.29, 1.82) is 0 Å². The highest BCUT2D eigenvalue weighted by Gasteiger charge is 2.28. The summed E-state index contributed by atoms with van der Waals surface area (Å²) in [5, 5.41) is 10.3. The third-order valence-corrected chi connectivity index (χ3v) is 5.80. The van der Waals surface area contributed by atoms with Crippen LogP contribution >= 0.6 is 11.3 Å². The number of aliphatic hydroxyl groups excluding tert-OH is 1. The number of aromatic nitrogens is 1. The quantitative estimate of drug-likeness (QED) is 0.887. The number of nitrogens with zero attached hydrogens (tertiary/aromatic N) is 1. The molecule has 6 heteroatoms. The Morgan fingerprint density at radius 2 is 2.44 bits per heavy atom. The number of rotatable bonds is 3. The SMILES string of the molecule is CC(O)c1cnc(CC2CCS(=O)(=O)C2)s1. The van der Waals surface area contributed by atoms with Crippen LogP contribution in [0.1, 0.15) is 29.3 Å². The number of aliphatic hydroxyl groups is 1. The maximum absolute atomic E-state index is 11.3. The van der Waals surface area contributed by atoms with Gasteiger partial charge in [0, 0.05) is 12.6 Å². The third-order valence-electron chi connectivity index (χ3n) is 2.77. The lowest BCUT2D eigenvalue weighted by molar-refractivity contribution is 0.203. The molecule has 1 aliphatic rings. The van der Waals surface area contributed by atoms with E-state index in [-0.39, 0.29) is 11.7 Å². The van der Waals surface area contributed by atoms with E-state index in [1.807, 2.05) is 0 Å². The van der Waals surface area contributed by atoms with Crippen LogP contribution in [0.15, 0.2) is 6.20 Å². The smallest absolute Gasteiger partial charge is 0.150 e. The van der Waals surface area contributed by atoms with Crippen LogP contribution in [0.2, 0.25) is 0 Å². The van der Waals surface area contributed by atoms with Gasteiger partial charge in [0.05, 0.1) is 27.5 Å². The van der Waals surface area contributed by atoms with Crippen molar-refractivity contribution in [2.45, 2.75) is 25.9 Å². The summed E-state index contributed by atoms with van der Waals surface area (Å²) < 4.78 is 22.6. The predicted octanol–water partition coefficient (Wildman–Crippen LogP) is 1.17. The molecule has 1 aromatic heterocycles. The van der Waals surface area contributed by atoms with Gasteiger partial charge in [-0.2, -0.15) is 0 Å². The molecule has 0 aromatic carbocycles. The van der Waals surface area contributed by atoms with Crippen LogP contribution in [0.25, 0.3) is 0 Å². The Morgan fingerprint density at radius 3 is 2.94 bits per heavy atom. The lowest BCUT2D eigenvalue weighted by atomic mass is 10.1. The van der Waals surface area contributed by atoms with Crippen molar-refractivity contribution in [1.82, 2.24) is 4.98 Å². The Balaban J connectivity index is 2.00. The number of hydrogen-bond donors (Lipinski definition) is 1. The molecule has 0 radical (unpaired) electrons. The van der Waals surface area contributed by atoms with E-state index in [4.69, 9.17) is 0 Å². The summed E-state index contributed by atoms with van der Waals surface area (Å²) in [5.41, 5.74) is 0. The maximum Gasteiger partial charge on any atom is 0.150 e. The standard InChI is InChI=1S/C10H15NO3S2/c1-7(12)9-5-11-10(15-9)4-8-2-3-16(13,14)6-8/h5,7-8,12H,2-4,6H2,1H3. The largest absolute Gasteiger partial charge is 0.388 e. The molecule has 90 valence electrons. The van der Waals surface area contributed by atoms with E-state index in [1.165, 1.54) is 11.3 Å². The van der Waals surface area contributed by atoms with Gasteiger partial charge in [-0.15, -0.1) is 11.3 Å². The van der Waals surface area contributed by atoms with Gasteiger partial charge >= 0.3 is 0 Å². The summed E-state index contributed by atoms with van der Waals surface area (Å²) in [6, 6.07) is 0. The Bertz CT molecular complexity index is 464. The van der Waals surface area contributed by atoms with Gasteiger partial charge in [-0.1, -0.05) is 0 Å². The third kappa shape index (κ3) is 2.81. The van der Waals surface area contributed by atoms with E-state index in [1.54, 1.807) is 13.1 Å². The average Bonchev–Trinajstić information content (AvgIpc) is 2.73. The molecule has 4 nitrogen and oxygen atoms in total. The maximum atomic E-state index is 11.3. The van der Waals surface area contributed by atoms with Gasteiger partial charge in [-0.25, -0.2) is 13.4 Å². The van der Waals surface area contributed by atoms with Gasteiger partial charge < -0.3 is 5.11 Å². The highest BCUT2D eigenvalue weighted by molar-refractivity contribution is 7.91. The van der Waals surface area contributed by atoms with Gasteiger partial charge in [0.25, 0.3) is 0 Å². The lowest BCUT2D eigenvalue weighted by Gasteiger charge is -2.03. The average molecular weight is 261 g/mol. The Hall–Kier alpha value is -0.460. The fourth-order valence-corrected chi connectivity index (χ4v) is 4.73. The molecular weight excluding hydrogens is 246 g/mol. The first-order valence-corrected chi connectivity index (χ1v) is 7.93. The van der Waals surface area contributed by atoms with Gasteiger partial charge in [0.2, 0.25) is 0 Å². The molecule has 0 aliphatic carbocycles. The predicted molar refractivity (Wildman–Crippen MR) is 63.2 cm³/mol. The van der Waals surface area contributed by atoms with Crippen molar-refractivity contribution in [2.24, 2.45) is 5.92 Å². The van der Waals surface area contributed by atoms with E-state index in [2.05, 4.69) is 4.98 Å². The zero-order chi connectivity index (χ0) is 11.8. The molecule has 0 spiro atoms. The summed E-state index contributed by atoms with van der Waals surface area (Å²) in [6.45, 7) is 1.71. The summed E-state index contributed by atoms with van der Waals surface area (Å²) in [6.07, 6.45) is 2.65. The number of sulfone groups is 1. The van der Waals surface area contributed by atoms with Crippen LogP contribution < -0.4 is 0 Å². The Kier molecular flexibility index (Phi) is 3.32. The lowest BCUT2D eigenvalue weighted by Crippen LogP contribution is -2.07. The van der Waals surface area contributed by atoms with E-state index in [9.17, 15) is 13.5 Å². The van der Waals surface area contributed by atoms with Gasteiger partial charge in [-0.05, 0) is 19.3 Å². The monoisotopic (exact) mass is 261 g/mol. The fourth-order valence-electron chi connectivity index (χ4n) is 1.89. The van der Waals surface area contributed by atoms with Crippen LogP contribution in [-0.2, 0) is 16.3 Å². The van der Waals surface area contributed by atoms with Crippen LogP contribution in [0.4, 0.5) is 0 Å². The molecular formula is C10H15NO3S2. The van der Waals surface area contributed by atoms with E-state index < -0.39 is 15.9 Å². The zero-order valence-corrected chi connectivity index (χ0v) is 10.7. The van der Waals surface area contributed by atoms with Crippen molar-refractivity contribution in [3.63, 3.8) is 0 Å². The molecule has 1 aliphatic heterocycles. The first kappa shape index (κ1) is 12.0. The van der Waals surface area contributed by atoms with Crippen molar-refractivity contribution in [3.8, 4) is 0 Å². The molecule has 0 saturated carbocycles. The van der Waals surface area contributed by atoms with E-state index in [0.29, 0.717) is 5.75 Å². The second-order valence-corrected chi connectivity index (χ2v) is 7.68. The van der Waals surface area contributed by atoms with Crippen molar-refractivity contribution in [2.75, 3.05) is 11.5 Å². The van der Waals surface area contributed by atoms with Crippen LogP contribution in [-0.4, -0.2) is 30.0 Å². The van der Waals surface area contributed by atoms with E-state index >= 15 is 0 Å². The van der Waals surface area contributed by atoms with Gasteiger partial charge in [-0.3, -0.25) is 0 Å². The van der Waals surface area contributed by atoms with E-state index in [0.717, 1.165) is 22.7 Å². The second-order valence-electron chi connectivity index (χ2n) is 4.31. The van der Waals surface area contributed by atoms with Crippen molar-refractivity contribution >= 4 is 21.2 Å². The van der Waals surface area contributed by atoms with Crippen molar-refractivity contribution < 1.29 is 13.5 Å². The number of hydrogen-bond acceptors (Lipinski definition) is 5. The molecule has 1 saturated heterocycles. The molecule has 16 heavy (non-hydrogen) atoms. The number of thiazole rings is 1. The topological polar surface area (TPSA) is 67.3 Å². The van der Waals surface area contributed by atoms with Crippen LogP contribution in [0.3, 0.4) is 0 Å². The Morgan fingerprint density at radius 1 is 1.69 bits per heavy atom. The molecule has 2 rings (SSSR count). The molecule has 1 N–H and O–H groups in total. The first-order chi connectivity index (χ1) is 7.46. The molecule has 0 amide bonds. The Labute approximate surface area is 99.3 Å². The summed E-state index contributed by atoms with van der Waals surface area (Å²) >= 11 is 1.47. The van der Waals surface area contributed by atoms with Crippen LogP contribution in [0.5, 0.6) is 0 Å². The minimum absolute atomic E-state index is 0.206. The van der Waals surface area contributed by atoms with Gasteiger partial charge in [0.15, 0.2) is 9.84 Å². The molecule has 2 atom stereocenters. The molecule has 0 bridgehead atoms. The van der Waals surface area contributed by atoms with Gasteiger partial charge in [0.1, 0.15) is 0 Å². The summed E-state index contributed by atoms with van der Waals surface area (Å²) in [4.78, 5) is 5.06. The fraction of sp³-hybridized carbons (Fsp3) is 0.700. The molecule has 2 heterocycles. The normalized spacial score (nSPS) is 25.8. The summed E-state index contributed by atoms with van der Waals surface area (Å²) in [7, 11) is -2.80. The second kappa shape index (κ2) is 4.43. The molecule has 1 fully saturated rings.